The Hall–Kier alpha value is -1.67. The minimum absolute atomic E-state index is 0.0670. The van der Waals surface area contributed by atoms with Crippen molar-refractivity contribution in [1.29, 1.82) is 0 Å². The van der Waals surface area contributed by atoms with Gasteiger partial charge in [-0.3, -0.25) is 4.72 Å². The number of hydrogen-bond donors (Lipinski definition) is 3. The van der Waals surface area contributed by atoms with Crippen LogP contribution in [0, 0.1) is 0 Å². The van der Waals surface area contributed by atoms with Crippen LogP contribution >= 0.6 is 11.6 Å². The average Bonchev–Trinajstić information content (AvgIpc) is 2.20. The standard InChI is InChI=1S/C10H14ClN3O4S/c1-6(2)18-10(15)14-19(16,17)13-9-5-7(11)3-4-8(9)12/h3-6,13H,12H2,1-2H3,(H,14,15). The third kappa shape index (κ3) is 5.23. The summed E-state index contributed by atoms with van der Waals surface area (Å²) in [6, 6.07) is 4.27. The first-order chi connectivity index (χ1) is 8.69. The van der Waals surface area contributed by atoms with Gasteiger partial charge in [-0.25, -0.2) is 9.52 Å². The SMILES string of the molecule is CC(C)OC(=O)NS(=O)(=O)Nc1cc(Cl)ccc1N. The first-order valence-electron chi connectivity index (χ1n) is 5.26. The second kappa shape index (κ2) is 5.98. The number of hydrogen-bond acceptors (Lipinski definition) is 5. The molecule has 0 fully saturated rings. The van der Waals surface area contributed by atoms with Crippen molar-refractivity contribution in [1.82, 2.24) is 4.72 Å². The number of ether oxygens (including phenoxy) is 1. The van der Waals surface area contributed by atoms with E-state index in [1.165, 1.54) is 18.2 Å². The van der Waals surface area contributed by atoms with Gasteiger partial charge in [0.05, 0.1) is 17.5 Å². The van der Waals surface area contributed by atoms with Crippen LogP contribution < -0.4 is 15.2 Å². The van der Waals surface area contributed by atoms with E-state index in [1.54, 1.807) is 18.6 Å². The molecular weight excluding hydrogens is 294 g/mol. The van der Waals surface area contributed by atoms with Crippen LogP contribution in [0.2, 0.25) is 5.02 Å². The Kier molecular flexibility index (Phi) is 4.84. The molecule has 0 aromatic heterocycles. The number of anilines is 2. The maximum Gasteiger partial charge on any atom is 0.422 e. The van der Waals surface area contributed by atoms with Crippen LogP contribution in [0.5, 0.6) is 0 Å². The molecule has 1 amide bonds. The Morgan fingerprint density at radius 3 is 2.63 bits per heavy atom. The highest BCUT2D eigenvalue weighted by molar-refractivity contribution is 7.91. The Morgan fingerprint density at radius 2 is 2.05 bits per heavy atom. The number of nitrogens with two attached hydrogens (primary N) is 1. The van der Waals surface area contributed by atoms with E-state index in [9.17, 15) is 13.2 Å². The number of rotatable bonds is 4. The summed E-state index contributed by atoms with van der Waals surface area (Å²) >= 11 is 5.72. The summed E-state index contributed by atoms with van der Waals surface area (Å²) in [5, 5.41) is 0.302. The number of carbonyl (C=O) groups excluding carboxylic acids is 1. The topological polar surface area (TPSA) is 111 Å². The van der Waals surface area contributed by atoms with Crippen molar-refractivity contribution in [2.75, 3.05) is 10.5 Å². The van der Waals surface area contributed by atoms with Crippen LogP contribution in [0.4, 0.5) is 16.2 Å². The second-order valence-corrected chi connectivity index (χ2v) is 5.74. The lowest BCUT2D eigenvalue weighted by atomic mass is 10.3. The minimum Gasteiger partial charge on any atom is -0.446 e. The van der Waals surface area contributed by atoms with E-state index in [2.05, 4.69) is 9.46 Å². The van der Waals surface area contributed by atoms with E-state index in [0.29, 0.717) is 5.02 Å². The zero-order valence-corrected chi connectivity index (χ0v) is 11.9. The Morgan fingerprint density at radius 1 is 1.42 bits per heavy atom. The molecule has 0 radical (unpaired) electrons. The van der Waals surface area contributed by atoms with Crippen molar-refractivity contribution >= 4 is 39.3 Å². The summed E-state index contributed by atoms with van der Waals surface area (Å²) in [6.45, 7) is 3.18. The molecule has 0 aliphatic heterocycles. The molecule has 0 saturated carbocycles. The molecular formula is C10H14ClN3O4S. The average molecular weight is 308 g/mol. The van der Waals surface area contributed by atoms with Crippen LogP contribution in [0.1, 0.15) is 13.8 Å². The van der Waals surface area contributed by atoms with Gasteiger partial charge in [0.15, 0.2) is 0 Å². The zero-order chi connectivity index (χ0) is 14.6. The van der Waals surface area contributed by atoms with Crippen molar-refractivity contribution in [3.8, 4) is 0 Å². The van der Waals surface area contributed by atoms with Crippen LogP contribution in [-0.2, 0) is 14.9 Å². The lowest BCUT2D eigenvalue weighted by molar-refractivity contribution is 0.121. The van der Waals surface area contributed by atoms with E-state index in [0.717, 1.165) is 0 Å². The number of halogens is 1. The highest BCUT2D eigenvalue weighted by Crippen LogP contribution is 2.23. The van der Waals surface area contributed by atoms with Gasteiger partial charge in [-0.1, -0.05) is 11.6 Å². The molecule has 0 aliphatic carbocycles. The zero-order valence-electron chi connectivity index (χ0n) is 10.3. The van der Waals surface area contributed by atoms with Gasteiger partial charge in [0, 0.05) is 5.02 Å². The lowest BCUT2D eigenvalue weighted by Crippen LogP contribution is -2.36. The molecule has 0 bridgehead atoms. The van der Waals surface area contributed by atoms with Crippen molar-refractivity contribution in [3.63, 3.8) is 0 Å². The molecule has 0 unspecified atom stereocenters. The Bertz CT molecular complexity index is 574. The number of amides is 1. The van der Waals surface area contributed by atoms with Crippen molar-refractivity contribution in [2.24, 2.45) is 0 Å². The highest BCUT2D eigenvalue weighted by atomic mass is 35.5. The fourth-order valence-corrected chi connectivity index (χ4v) is 2.09. The Balaban J connectivity index is 2.80. The molecule has 1 aromatic rings. The summed E-state index contributed by atoms with van der Waals surface area (Å²) in [5.41, 5.74) is 5.82. The van der Waals surface area contributed by atoms with Gasteiger partial charge in [-0.2, -0.15) is 8.42 Å². The van der Waals surface area contributed by atoms with Crippen LogP contribution in [0.25, 0.3) is 0 Å². The summed E-state index contributed by atoms with van der Waals surface area (Å²) in [7, 11) is -4.13. The van der Waals surface area contributed by atoms with Crippen molar-refractivity contribution < 1.29 is 17.9 Å². The molecule has 9 heteroatoms. The monoisotopic (exact) mass is 307 g/mol. The third-order valence-electron chi connectivity index (χ3n) is 1.82. The quantitative estimate of drug-likeness (QED) is 0.733. The van der Waals surface area contributed by atoms with E-state index in [4.69, 9.17) is 17.3 Å². The summed E-state index contributed by atoms with van der Waals surface area (Å²) in [5.74, 6) is 0. The van der Waals surface area contributed by atoms with Crippen molar-refractivity contribution in [2.45, 2.75) is 20.0 Å². The summed E-state index contributed by atoms with van der Waals surface area (Å²) in [4.78, 5) is 11.2. The number of nitrogen functional groups attached to an aromatic ring is 1. The predicted octanol–water partition coefficient (Wildman–Crippen LogP) is 1.71. The van der Waals surface area contributed by atoms with Crippen LogP contribution in [0.15, 0.2) is 18.2 Å². The summed E-state index contributed by atoms with van der Waals surface area (Å²) in [6.07, 6.45) is -1.52. The maximum absolute atomic E-state index is 11.6. The highest BCUT2D eigenvalue weighted by Gasteiger charge is 2.17. The van der Waals surface area contributed by atoms with Gasteiger partial charge in [-0.15, -0.1) is 0 Å². The van der Waals surface area contributed by atoms with E-state index in [-0.39, 0.29) is 11.4 Å². The summed E-state index contributed by atoms with van der Waals surface area (Å²) < 4.78 is 31.7. The molecule has 19 heavy (non-hydrogen) atoms. The maximum atomic E-state index is 11.6. The molecule has 0 spiro atoms. The molecule has 0 aliphatic rings. The number of benzene rings is 1. The molecule has 106 valence electrons. The largest absolute Gasteiger partial charge is 0.446 e. The molecule has 1 rings (SSSR count). The molecule has 0 heterocycles. The van der Waals surface area contributed by atoms with Gasteiger partial charge in [0.1, 0.15) is 0 Å². The van der Waals surface area contributed by atoms with Gasteiger partial charge in [-0.05, 0) is 32.0 Å². The van der Waals surface area contributed by atoms with Gasteiger partial charge >= 0.3 is 16.3 Å². The van der Waals surface area contributed by atoms with Crippen molar-refractivity contribution in [3.05, 3.63) is 23.2 Å². The predicted molar refractivity (Wildman–Crippen MR) is 73.2 cm³/mol. The first kappa shape index (κ1) is 15.4. The van der Waals surface area contributed by atoms with E-state index >= 15 is 0 Å². The molecule has 0 saturated heterocycles. The van der Waals surface area contributed by atoms with E-state index in [1.807, 2.05) is 0 Å². The molecule has 1 aromatic carbocycles. The van der Waals surface area contributed by atoms with Gasteiger partial charge in [0.2, 0.25) is 0 Å². The second-order valence-electron chi connectivity index (χ2n) is 3.89. The fourth-order valence-electron chi connectivity index (χ4n) is 1.14. The molecule has 7 nitrogen and oxygen atoms in total. The third-order valence-corrected chi connectivity index (χ3v) is 2.98. The Labute approximate surface area is 116 Å². The van der Waals surface area contributed by atoms with Gasteiger partial charge < -0.3 is 10.5 Å². The number of nitrogens with one attached hydrogen (secondary N) is 2. The molecule has 0 atom stereocenters. The molecule has 4 N–H and O–H groups in total. The smallest absolute Gasteiger partial charge is 0.422 e. The van der Waals surface area contributed by atoms with Gasteiger partial charge in [0.25, 0.3) is 0 Å². The van der Waals surface area contributed by atoms with E-state index < -0.39 is 22.4 Å². The normalized spacial score (nSPS) is 11.2. The first-order valence-corrected chi connectivity index (χ1v) is 7.12. The minimum atomic E-state index is -4.13. The fraction of sp³-hybridized carbons (Fsp3) is 0.300. The van der Waals surface area contributed by atoms with Crippen LogP contribution in [-0.4, -0.2) is 20.6 Å². The lowest BCUT2D eigenvalue weighted by Gasteiger charge is -2.12. The van der Waals surface area contributed by atoms with Crippen LogP contribution in [0.3, 0.4) is 0 Å². The number of carbonyl (C=O) groups is 1.